The average Bonchev–Trinajstić information content (AvgIpc) is 2.79. The Hall–Kier alpha value is -3.52. The molecule has 0 saturated carbocycles. The van der Waals surface area contributed by atoms with Gasteiger partial charge in [0.05, 0.1) is 12.0 Å². The molecule has 0 radical (unpaired) electrons. The fourth-order valence-electron chi connectivity index (χ4n) is 2.88. The van der Waals surface area contributed by atoms with Gasteiger partial charge in [0.25, 0.3) is 15.9 Å². The highest BCUT2D eigenvalue weighted by Gasteiger charge is 2.15. The number of ether oxygens (including phenoxy) is 2. The number of aryl methyl sites for hydroxylation is 2. The molecular formula is C24H26N2O5S. The normalized spacial score (nSPS) is 11.0. The van der Waals surface area contributed by atoms with Crippen LogP contribution in [0.25, 0.3) is 0 Å². The highest BCUT2D eigenvalue weighted by atomic mass is 32.2. The number of hydrogen-bond donors (Lipinski definition) is 2. The van der Waals surface area contributed by atoms with Crippen molar-refractivity contribution in [3.05, 3.63) is 83.4 Å². The number of anilines is 1. The number of carbonyl (C=O) groups is 1. The first kappa shape index (κ1) is 23.1. The van der Waals surface area contributed by atoms with Crippen molar-refractivity contribution in [2.24, 2.45) is 0 Å². The SMILES string of the molecule is COc1ccc(CNC(=O)COc2ccc(S(=O)(=O)Nc3ccc(C)c(C)c3)cc2)cc1. The minimum Gasteiger partial charge on any atom is -0.497 e. The summed E-state index contributed by atoms with van der Waals surface area (Å²) < 4.78 is 38.4. The highest BCUT2D eigenvalue weighted by molar-refractivity contribution is 7.92. The Morgan fingerprint density at radius 3 is 2.16 bits per heavy atom. The minimum absolute atomic E-state index is 0.104. The molecule has 0 atom stereocenters. The van der Waals surface area contributed by atoms with Crippen molar-refractivity contribution >= 4 is 21.6 Å². The molecule has 7 nitrogen and oxygen atoms in total. The van der Waals surface area contributed by atoms with E-state index in [0.29, 0.717) is 18.0 Å². The van der Waals surface area contributed by atoms with Crippen LogP contribution in [0.3, 0.4) is 0 Å². The molecule has 0 bridgehead atoms. The molecule has 32 heavy (non-hydrogen) atoms. The fraction of sp³-hybridized carbons (Fsp3) is 0.208. The van der Waals surface area contributed by atoms with E-state index >= 15 is 0 Å². The van der Waals surface area contributed by atoms with Crippen molar-refractivity contribution in [1.82, 2.24) is 5.32 Å². The van der Waals surface area contributed by atoms with Crippen LogP contribution in [0.15, 0.2) is 71.6 Å². The number of carbonyl (C=O) groups excluding carboxylic acids is 1. The summed E-state index contributed by atoms with van der Waals surface area (Å²) in [5.74, 6) is 0.863. The summed E-state index contributed by atoms with van der Waals surface area (Å²) in [5, 5.41) is 2.77. The van der Waals surface area contributed by atoms with E-state index in [9.17, 15) is 13.2 Å². The predicted molar refractivity (Wildman–Crippen MR) is 124 cm³/mol. The summed E-state index contributed by atoms with van der Waals surface area (Å²) in [5.41, 5.74) is 3.52. The topological polar surface area (TPSA) is 93.7 Å². The van der Waals surface area contributed by atoms with Crippen LogP contribution in [0.4, 0.5) is 5.69 Å². The Bertz CT molecular complexity index is 1170. The molecular weight excluding hydrogens is 428 g/mol. The molecule has 0 fully saturated rings. The Morgan fingerprint density at radius 2 is 1.53 bits per heavy atom. The molecule has 0 aromatic heterocycles. The standard InChI is InChI=1S/C24H26N2O5S/c1-17-4-7-20(14-18(17)2)26-32(28,29)23-12-10-22(11-13-23)31-16-24(27)25-15-19-5-8-21(30-3)9-6-19/h4-14,26H,15-16H2,1-3H3,(H,25,27). The molecule has 0 saturated heterocycles. The number of amides is 1. The Kier molecular flexibility index (Phi) is 7.37. The largest absolute Gasteiger partial charge is 0.497 e. The third-order valence-corrected chi connectivity index (χ3v) is 6.31. The Morgan fingerprint density at radius 1 is 0.875 bits per heavy atom. The van der Waals surface area contributed by atoms with Gasteiger partial charge in [0.1, 0.15) is 11.5 Å². The van der Waals surface area contributed by atoms with E-state index in [-0.39, 0.29) is 17.4 Å². The van der Waals surface area contributed by atoms with E-state index in [1.54, 1.807) is 19.2 Å². The molecule has 1 amide bonds. The van der Waals surface area contributed by atoms with Crippen LogP contribution in [-0.4, -0.2) is 28.0 Å². The number of rotatable bonds is 9. The second-order valence-electron chi connectivity index (χ2n) is 7.29. The Balaban J connectivity index is 1.52. The lowest BCUT2D eigenvalue weighted by Gasteiger charge is -2.11. The van der Waals surface area contributed by atoms with Gasteiger partial charge < -0.3 is 14.8 Å². The molecule has 0 unspecified atom stereocenters. The monoisotopic (exact) mass is 454 g/mol. The predicted octanol–water partition coefficient (Wildman–Crippen LogP) is 3.81. The molecule has 168 valence electrons. The third-order valence-electron chi connectivity index (χ3n) is 4.91. The van der Waals surface area contributed by atoms with Crippen LogP contribution in [0.1, 0.15) is 16.7 Å². The van der Waals surface area contributed by atoms with Crippen LogP contribution < -0.4 is 19.5 Å². The zero-order chi connectivity index (χ0) is 23.1. The lowest BCUT2D eigenvalue weighted by molar-refractivity contribution is -0.123. The smallest absolute Gasteiger partial charge is 0.261 e. The van der Waals surface area contributed by atoms with Crippen LogP contribution in [-0.2, 0) is 21.4 Å². The molecule has 2 N–H and O–H groups in total. The van der Waals surface area contributed by atoms with Crippen molar-refractivity contribution in [3.63, 3.8) is 0 Å². The van der Waals surface area contributed by atoms with Gasteiger partial charge in [-0.2, -0.15) is 0 Å². The minimum atomic E-state index is -3.73. The molecule has 3 rings (SSSR count). The Labute approximate surface area is 188 Å². The molecule has 3 aromatic carbocycles. The molecule has 0 spiro atoms. The second kappa shape index (κ2) is 10.2. The van der Waals surface area contributed by atoms with E-state index in [0.717, 1.165) is 22.4 Å². The first-order chi connectivity index (χ1) is 15.3. The van der Waals surface area contributed by atoms with E-state index in [2.05, 4.69) is 10.0 Å². The summed E-state index contributed by atoms with van der Waals surface area (Å²) in [6, 6.07) is 18.7. The molecule has 8 heteroatoms. The second-order valence-corrected chi connectivity index (χ2v) is 8.97. The van der Waals surface area contributed by atoms with Crippen LogP contribution >= 0.6 is 0 Å². The molecule has 0 heterocycles. The van der Waals surface area contributed by atoms with Crippen molar-refractivity contribution in [3.8, 4) is 11.5 Å². The van der Waals surface area contributed by atoms with Crippen molar-refractivity contribution < 1.29 is 22.7 Å². The first-order valence-corrected chi connectivity index (χ1v) is 11.5. The van der Waals surface area contributed by atoms with Crippen molar-refractivity contribution in [1.29, 1.82) is 0 Å². The fourth-order valence-corrected chi connectivity index (χ4v) is 3.93. The maximum atomic E-state index is 12.6. The third kappa shape index (κ3) is 6.24. The summed E-state index contributed by atoms with van der Waals surface area (Å²) in [6.07, 6.45) is 0. The van der Waals surface area contributed by atoms with Gasteiger partial charge in [0.15, 0.2) is 6.61 Å². The van der Waals surface area contributed by atoms with Gasteiger partial charge >= 0.3 is 0 Å². The van der Waals surface area contributed by atoms with Crippen LogP contribution in [0.2, 0.25) is 0 Å². The van der Waals surface area contributed by atoms with E-state index in [4.69, 9.17) is 9.47 Å². The van der Waals surface area contributed by atoms with Crippen molar-refractivity contribution in [2.75, 3.05) is 18.4 Å². The maximum absolute atomic E-state index is 12.6. The molecule has 3 aromatic rings. The molecule has 0 aliphatic heterocycles. The number of benzene rings is 3. The van der Waals surface area contributed by atoms with Gasteiger partial charge in [-0.25, -0.2) is 8.42 Å². The summed E-state index contributed by atoms with van der Waals surface area (Å²) in [6.45, 7) is 4.08. The number of hydrogen-bond acceptors (Lipinski definition) is 5. The summed E-state index contributed by atoms with van der Waals surface area (Å²) >= 11 is 0. The molecule has 0 aliphatic carbocycles. The summed E-state index contributed by atoms with van der Waals surface area (Å²) in [7, 11) is -2.13. The summed E-state index contributed by atoms with van der Waals surface area (Å²) in [4.78, 5) is 12.1. The van der Waals surface area contributed by atoms with Gasteiger partial charge in [-0.05, 0) is 79.1 Å². The highest BCUT2D eigenvalue weighted by Crippen LogP contribution is 2.21. The first-order valence-electron chi connectivity index (χ1n) is 9.99. The van der Waals surface area contributed by atoms with Gasteiger partial charge in [-0.15, -0.1) is 0 Å². The van der Waals surface area contributed by atoms with Crippen molar-refractivity contribution in [2.45, 2.75) is 25.3 Å². The lowest BCUT2D eigenvalue weighted by Crippen LogP contribution is -2.28. The van der Waals surface area contributed by atoms with E-state index in [1.165, 1.54) is 24.3 Å². The average molecular weight is 455 g/mol. The van der Waals surface area contributed by atoms with Gasteiger partial charge in [-0.1, -0.05) is 18.2 Å². The van der Waals surface area contributed by atoms with Gasteiger partial charge in [-0.3, -0.25) is 9.52 Å². The number of nitrogens with one attached hydrogen (secondary N) is 2. The van der Waals surface area contributed by atoms with Crippen LogP contribution in [0, 0.1) is 13.8 Å². The maximum Gasteiger partial charge on any atom is 0.261 e. The van der Waals surface area contributed by atoms with Crippen LogP contribution in [0.5, 0.6) is 11.5 Å². The zero-order valence-corrected chi connectivity index (χ0v) is 19.0. The quantitative estimate of drug-likeness (QED) is 0.513. The number of sulfonamides is 1. The lowest BCUT2D eigenvalue weighted by atomic mass is 10.1. The zero-order valence-electron chi connectivity index (χ0n) is 18.2. The van der Waals surface area contributed by atoms with E-state index in [1.807, 2.05) is 44.2 Å². The molecule has 0 aliphatic rings. The number of methoxy groups -OCH3 is 1. The van der Waals surface area contributed by atoms with Gasteiger partial charge in [0.2, 0.25) is 0 Å². The van der Waals surface area contributed by atoms with Gasteiger partial charge in [0, 0.05) is 12.2 Å². The van der Waals surface area contributed by atoms with E-state index < -0.39 is 10.0 Å².